The summed E-state index contributed by atoms with van der Waals surface area (Å²) in [6.45, 7) is 1.17. The maximum Gasteiger partial charge on any atom is 0.244 e. The maximum atomic E-state index is 12.6. The zero-order valence-corrected chi connectivity index (χ0v) is 12.5. The van der Waals surface area contributed by atoms with Crippen LogP contribution in [0.4, 0.5) is 0 Å². The van der Waals surface area contributed by atoms with Gasteiger partial charge in [-0.25, -0.2) is 8.42 Å². The van der Waals surface area contributed by atoms with E-state index in [-0.39, 0.29) is 24.0 Å². The highest BCUT2D eigenvalue weighted by atomic mass is 32.2. The largest absolute Gasteiger partial charge is 0.396 e. The molecule has 1 aromatic heterocycles. The van der Waals surface area contributed by atoms with Crippen LogP contribution < -0.4 is 5.73 Å². The minimum atomic E-state index is -3.55. The predicted octanol–water partition coefficient (Wildman–Crippen LogP) is -0.215. The lowest BCUT2D eigenvalue weighted by atomic mass is 10.00. The minimum absolute atomic E-state index is 0.111. The van der Waals surface area contributed by atoms with Crippen LogP contribution in [0.25, 0.3) is 0 Å². The Morgan fingerprint density at radius 3 is 2.71 bits per heavy atom. The fourth-order valence-corrected chi connectivity index (χ4v) is 3.72. The summed E-state index contributed by atoms with van der Waals surface area (Å²) in [5.41, 5.74) is 5.84. The molecule has 2 heterocycles. The average molecular weight is 309 g/mol. The number of rotatable bonds is 3. The van der Waals surface area contributed by atoms with E-state index in [1.807, 2.05) is 0 Å². The van der Waals surface area contributed by atoms with Gasteiger partial charge in [-0.05, 0) is 24.8 Å². The Morgan fingerprint density at radius 2 is 2.10 bits per heavy atom. The number of pyridine rings is 1. The average Bonchev–Trinajstić information content (AvgIpc) is 2.53. The number of hydrogen-bond acceptors (Lipinski definition) is 5. The van der Waals surface area contributed by atoms with Crippen molar-refractivity contribution in [2.45, 2.75) is 17.7 Å². The Bertz CT molecular complexity index is 641. The van der Waals surface area contributed by atoms with Crippen molar-refractivity contribution in [2.24, 2.45) is 11.7 Å². The lowest BCUT2D eigenvalue weighted by Crippen LogP contribution is -2.39. The summed E-state index contributed by atoms with van der Waals surface area (Å²) in [4.78, 5) is 4.09. The molecule has 1 aliphatic heterocycles. The topological polar surface area (TPSA) is 96.5 Å². The van der Waals surface area contributed by atoms with E-state index in [0.717, 1.165) is 0 Å². The van der Waals surface area contributed by atoms with Crippen LogP contribution in [-0.4, -0.2) is 49.1 Å². The van der Waals surface area contributed by atoms with Gasteiger partial charge >= 0.3 is 0 Å². The number of hydrogen-bond donors (Lipinski definition) is 2. The number of sulfonamides is 1. The zero-order chi connectivity index (χ0) is 15.3. The van der Waals surface area contributed by atoms with E-state index in [1.165, 1.54) is 22.8 Å². The van der Waals surface area contributed by atoms with Gasteiger partial charge in [0.25, 0.3) is 0 Å². The highest BCUT2D eigenvalue weighted by Gasteiger charge is 2.29. The van der Waals surface area contributed by atoms with E-state index in [1.54, 1.807) is 0 Å². The van der Waals surface area contributed by atoms with Crippen LogP contribution in [-0.2, 0) is 10.0 Å². The first-order valence-electron chi connectivity index (χ1n) is 6.83. The molecule has 1 saturated heterocycles. The molecule has 7 heteroatoms. The van der Waals surface area contributed by atoms with Gasteiger partial charge in [-0.15, -0.1) is 0 Å². The van der Waals surface area contributed by atoms with E-state index in [0.29, 0.717) is 31.5 Å². The van der Waals surface area contributed by atoms with Crippen LogP contribution in [0.15, 0.2) is 23.4 Å². The molecule has 21 heavy (non-hydrogen) atoms. The molecule has 0 radical (unpaired) electrons. The van der Waals surface area contributed by atoms with E-state index >= 15 is 0 Å². The van der Waals surface area contributed by atoms with E-state index in [2.05, 4.69) is 16.8 Å². The minimum Gasteiger partial charge on any atom is -0.396 e. The second-order valence-corrected chi connectivity index (χ2v) is 6.88. The van der Waals surface area contributed by atoms with Crippen LogP contribution in [0, 0.1) is 17.8 Å². The molecule has 114 valence electrons. The molecule has 0 aliphatic carbocycles. The summed E-state index contributed by atoms with van der Waals surface area (Å²) in [5.74, 6) is 5.65. The summed E-state index contributed by atoms with van der Waals surface area (Å²) in [5, 5.41) is 9.11. The second-order valence-electron chi connectivity index (χ2n) is 4.95. The number of nitrogens with zero attached hydrogens (tertiary/aromatic N) is 2. The molecule has 0 amide bonds. The molecule has 1 aromatic rings. The van der Waals surface area contributed by atoms with Crippen LogP contribution in [0.2, 0.25) is 0 Å². The zero-order valence-electron chi connectivity index (χ0n) is 11.7. The quantitative estimate of drug-likeness (QED) is 0.753. The first-order valence-corrected chi connectivity index (χ1v) is 8.27. The highest BCUT2D eigenvalue weighted by molar-refractivity contribution is 7.89. The molecule has 2 rings (SSSR count). The van der Waals surface area contributed by atoms with Crippen molar-refractivity contribution in [3.63, 3.8) is 0 Å². The number of aromatic nitrogens is 1. The summed E-state index contributed by atoms with van der Waals surface area (Å²) >= 11 is 0. The van der Waals surface area contributed by atoms with Gasteiger partial charge in [0.15, 0.2) is 0 Å². The molecule has 3 N–H and O–H groups in total. The Balaban J connectivity index is 2.20. The molecule has 1 aliphatic rings. The molecular formula is C14H19N3O3S. The van der Waals surface area contributed by atoms with Gasteiger partial charge in [0.1, 0.15) is 4.90 Å². The second kappa shape index (κ2) is 7.00. The molecule has 0 atom stereocenters. The van der Waals surface area contributed by atoms with Crippen LogP contribution in [0.1, 0.15) is 18.4 Å². The van der Waals surface area contributed by atoms with Crippen LogP contribution in [0.5, 0.6) is 0 Å². The first kappa shape index (κ1) is 15.9. The van der Waals surface area contributed by atoms with Gasteiger partial charge < -0.3 is 10.8 Å². The van der Waals surface area contributed by atoms with E-state index < -0.39 is 10.0 Å². The van der Waals surface area contributed by atoms with E-state index in [4.69, 9.17) is 10.8 Å². The van der Waals surface area contributed by atoms with Gasteiger partial charge in [-0.3, -0.25) is 4.98 Å². The van der Waals surface area contributed by atoms with Gasteiger partial charge in [0, 0.05) is 37.7 Å². The molecule has 0 bridgehead atoms. The molecule has 0 spiro atoms. The number of aliphatic hydroxyl groups excluding tert-OH is 1. The van der Waals surface area contributed by atoms with Crippen molar-refractivity contribution >= 4 is 10.0 Å². The molecule has 0 saturated carbocycles. The standard InChI is InChI=1S/C14H19N3O3S/c15-5-1-2-13-8-14(10-16-9-13)21(19,20)17-6-3-12(11-18)4-7-17/h8-10,12,18H,3-7,11,15H2. The smallest absolute Gasteiger partial charge is 0.244 e. The van der Waals surface area contributed by atoms with Crippen molar-refractivity contribution in [3.8, 4) is 11.8 Å². The van der Waals surface area contributed by atoms with Crippen molar-refractivity contribution in [1.82, 2.24) is 9.29 Å². The van der Waals surface area contributed by atoms with E-state index in [9.17, 15) is 8.42 Å². The molecule has 0 unspecified atom stereocenters. The predicted molar refractivity (Wildman–Crippen MR) is 78.7 cm³/mol. The van der Waals surface area contributed by atoms with Crippen molar-refractivity contribution in [2.75, 3.05) is 26.2 Å². The van der Waals surface area contributed by atoms with Crippen molar-refractivity contribution < 1.29 is 13.5 Å². The van der Waals surface area contributed by atoms with Crippen LogP contribution >= 0.6 is 0 Å². The molecule has 0 aromatic carbocycles. The summed E-state index contributed by atoms with van der Waals surface area (Å²) in [6, 6.07) is 1.52. The molecule has 1 fully saturated rings. The Hall–Kier alpha value is -1.46. The van der Waals surface area contributed by atoms with Crippen molar-refractivity contribution in [1.29, 1.82) is 0 Å². The first-order chi connectivity index (χ1) is 10.1. The third-order valence-corrected chi connectivity index (χ3v) is 5.38. The molecule has 6 nitrogen and oxygen atoms in total. The Labute approximate surface area is 125 Å². The normalized spacial score (nSPS) is 17.2. The highest BCUT2D eigenvalue weighted by Crippen LogP contribution is 2.23. The maximum absolute atomic E-state index is 12.6. The monoisotopic (exact) mass is 309 g/mol. The fourth-order valence-electron chi connectivity index (χ4n) is 2.26. The number of aliphatic hydroxyl groups is 1. The van der Waals surface area contributed by atoms with Gasteiger partial charge in [0.2, 0.25) is 10.0 Å². The SMILES string of the molecule is NCC#Cc1cncc(S(=O)(=O)N2CCC(CO)CC2)c1. The number of piperidine rings is 1. The third-order valence-electron chi connectivity index (χ3n) is 3.52. The third kappa shape index (κ3) is 3.80. The van der Waals surface area contributed by atoms with Gasteiger partial charge in [-0.2, -0.15) is 4.31 Å². The summed E-state index contributed by atoms with van der Waals surface area (Å²) < 4.78 is 26.6. The summed E-state index contributed by atoms with van der Waals surface area (Å²) in [7, 11) is -3.55. The lowest BCUT2D eigenvalue weighted by Gasteiger charge is -2.30. The fraction of sp³-hybridized carbons (Fsp3) is 0.500. The lowest BCUT2D eigenvalue weighted by molar-refractivity contribution is 0.170. The van der Waals surface area contributed by atoms with Gasteiger partial charge in [0.05, 0.1) is 6.54 Å². The Morgan fingerprint density at radius 1 is 1.38 bits per heavy atom. The number of nitrogens with two attached hydrogens (primary N) is 1. The van der Waals surface area contributed by atoms with Crippen molar-refractivity contribution in [3.05, 3.63) is 24.0 Å². The Kier molecular flexibility index (Phi) is 5.31. The van der Waals surface area contributed by atoms with Crippen LogP contribution in [0.3, 0.4) is 0 Å². The summed E-state index contributed by atoms with van der Waals surface area (Å²) in [6.07, 6.45) is 4.20. The van der Waals surface area contributed by atoms with Gasteiger partial charge in [-0.1, -0.05) is 11.8 Å². The molecular weight excluding hydrogens is 290 g/mol.